The van der Waals surface area contributed by atoms with Crippen molar-refractivity contribution < 1.29 is 18.3 Å². The normalized spacial score (nSPS) is 11.8. The summed E-state index contributed by atoms with van der Waals surface area (Å²) >= 11 is 5.80. The summed E-state index contributed by atoms with van der Waals surface area (Å²) in [4.78, 5) is 10.7. The van der Waals surface area contributed by atoms with E-state index in [1.807, 2.05) is 0 Å². The summed E-state index contributed by atoms with van der Waals surface area (Å²) in [6.07, 6.45) is 0. The molecule has 0 heterocycles. The predicted molar refractivity (Wildman–Crippen MR) is 65.3 cm³/mol. The number of carbonyl (C=O) groups is 1. The molecule has 1 N–H and O–H groups in total. The number of benzene rings is 1. The quantitative estimate of drug-likeness (QED) is 0.917. The first-order valence-electron chi connectivity index (χ1n) is 4.99. The van der Waals surface area contributed by atoms with E-state index in [1.165, 1.54) is 12.1 Å². The Morgan fingerprint density at radius 3 is 2.47 bits per heavy atom. The Morgan fingerprint density at radius 1 is 1.41 bits per heavy atom. The van der Waals surface area contributed by atoms with Gasteiger partial charge in [0, 0.05) is 0 Å². The maximum atomic E-state index is 12.0. The summed E-state index contributed by atoms with van der Waals surface area (Å²) in [5, 5.41) is 8.86. The van der Waals surface area contributed by atoms with Crippen LogP contribution in [0.25, 0.3) is 0 Å². The van der Waals surface area contributed by atoms with E-state index in [4.69, 9.17) is 16.7 Å². The van der Waals surface area contributed by atoms with E-state index in [-0.39, 0.29) is 27.2 Å². The second-order valence-electron chi connectivity index (χ2n) is 4.13. The molecule has 0 aliphatic heterocycles. The van der Waals surface area contributed by atoms with Gasteiger partial charge in [0.05, 0.1) is 21.2 Å². The zero-order valence-corrected chi connectivity index (χ0v) is 11.0. The van der Waals surface area contributed by atoms with Gasteiger partial charge in [-0.1, -0.05) is 25.4 Å². The molecule has 0 aliphatic carbocycles. The predicted octanol–water partition coefficient (Wildman–Crippen LogP) is 2.47. The van der Waals surface area contributed by atoms with E-state index in [9.17, 15) is 13.2 Å². The van der Waals surface area contributed by atoms with Crippen LogP contribution in [0.3, 0.4) is 0 Å². The number of carboxylic acid groups (broad SMARTS) is 1. The Kier molecular flexibility index (Phi) is 4.16. The molecule has 1 rings (SSSR count). The third-order valence-electron chi connectivity index (χ3n) is 2.07. The second kappa shape index (κ2) is 5.06. The molecule has 4 nitrogen and oxygen atoms in total. The smallest absolute Gasteiger partial charge is 0.335 e. The van der Waals surface area contributed by atoms with Gasteiger partial charge in [0.2, 0.25) is 0 Å². The lowest BCUT2D eigenvalue weighted by atomic mass is 10.2. The van der Waals surface area contributed by atoms with E-state index in [2.05, 4.69) is 0 Å². The van der Waals surface area contributed by atoms with Crippen LogP contribution >= 0.6 is 11.6 Å². The van der Waals surface area contributed by atoms with Crippen molar-refractivity contribution in [3.05, 3.63) is 28.8 Å². The molecule has 0 aliphatic rings. The summed E-state index contributed by atoms with van der Waals surface area (Å²) in [7, 11) is -3.54. The van der Waals surface area contributed by atoms with Crippen molar-refractivity contribution in [3.63, 3.8) is 0 Å². The average molecular weight is 277 g/mol. The number of hydrogen-bond donors (Lipinski definition) is 1. The van der Waals surface area contributed by atoms with Crippen LogP contribution in [0.5, 0.6) is 0 Å². The minimum absolute atomic E-state index is 0.0513. The SMILES string of the molecule is CC(C)CS(=O)(=O)c1cc(C(=O)O)ccc1Cl. The number of sulfone groups is 1. The molecular weight excluding hydrogens is 264 g/mol. The van der Waals surface area contributed by atoms with E-state index in [0.717, 1.165) is 6.07 Å². The molecule has 0 aromatic heterocycles. The molecular formula is C11H13ClO4S. The Hall–Kier alpha value is -1.07. The van der Waals surface area contributed by atoms with Gasteiger partial charge in [0.25, 0.3) is 0 Å². The van der Waals surface area contributed by atoms with Crippen LogP contribution in [0.2, 0.25) is 5.02 Å². The van der Waals surface area contributed by atoms with Gasteiger partial charge < -0.3 is 5.11 Å². The highest BCUT2D eigenvalue weighted by molar-refractivity contribution is 7.91. The summed E-state index contributed by atoms with van der Waals surface area (Å²) in [6, 6.07) is 3.67. The summed E-state index contributed by atoms with van der Waals surface area (Å²) in [5.41, 5.74) is -0.0864. The Bertz CT molecular complexity index is 534. The monoisotopic (exact) mass is 276 g/mol. The van der Waals surface area contributed by atoms with E-state index in [0.29, 0.717) is 0 Å². The molecule has 1 aromatic carbocycles. The van der Waals surface area contributed by atoms with Gasteiger partial charge in [-0.25, -0.2) is 13.2 Å². The third kappa shape index (κ3) is 3.44. The molecule has 0 amide bonds. The summed E-state index contributed by atoms with van der Waals surface area (Å²) in [5.74, 6) is -1.29. The first-order chi connectivity index (χ1) is 7.74. The van der Waals surface area contributed by atoms with Crippen LogP contribution in [-0.4, -0.2) is 25.2 Å². The van der Waals surface area contributed by atoms with Gasteiger partial charge in [-0.15, -0.1) is 0 Å². The van der Waals surface area contributed by atoms with Crippen LogP contribution in [0.1, 0.15) is 24.2 Å². The van der Waals surface area contributed by atoms with Gasteiger partial charge in [-0.2, -0.15) is 0 Å². The summed E-state index contributed by atoms with van der Waals surface area (Å²) in [6.45, 7) is 3.54. The lowest BCUT2D eigenvalue weighted by Gasteiger charge is -2.09. The molecule has 0 bridgehead atoms. The largest absolute Gasteiger partial charge is 0.478 e. The highest BCUT2D eigenvalue weighted by atomic mass is 35.5. The number of rotatable bonds is 4. The van der Waals surface area contributed by atoms with Gasteiger partial charge in [0.15, 0.2) is 9.84 Å². The van der Waals surface area contributed by atoms with Crippen LogP contribution in [0.4, 0.5) is 0 Å². The van der Waals surface area contributed by atoms with Crippen LogP contribution in [0, 0.1) is 5.92 Å². The fourth-order valence-electron chi connectivity index (χ4n) is 1.40. The number of aromatic carboxylic acids is 1. The molecule has 0 saturated heterocycles. The van der Waals surface area contributed by atoms with Crippen molar-refractivity contribution >= 4 is 27.4 Å². The number of carboxylic acids is 1. The third-order valence-corrected chi connectivity index (χ3v) is 4.62. The molecule has 0 fully saturated rings. The maximum Gasteiger partial charge on any atom is 0.335 e. The zero-order chi connectivity index (χ0) is 13.2. The van der Waals surface area contributed by atoms with Crippen LogP contribution in [0.15, 0.2) is 23.1 Å². The lowest BCUT2D eigenvalue weighted by Crippen LogP contribution is -2.13. The average Bonchev–Trinajstić information content (AvgIpc) is 2.15. The lowest BCUT2D eigenvalue weighted by molar-refractivity contribution is 0.0696. The fourth-order valence-corrected chi connectivity index (χ4v) is 3.60. The van der Waals surface area contributed by atoms with Crippen molar-refractivity contribution in [3.8, 4) is 0 Å². The Morgan fingerprint density at radius 2 is 2.00 bits per heavy atom. The maximum absolute atomic E-state index is 12.0. The molecule has 94 valence electrons. The van der Waals surface area contributed by atoms with Crippen molar-refractivity contribution in [1.82, 2.24) is 0 Å². The topological polar surface area (TPSA) is 71.4 Å². The summed E-state index contributed by atoms with van der Waals surface area (Å²) < 4.78 is 23.9. The first kappa shape index (κ1) is 14.0. The van der Waals surface area contributed by atoms with Crippen molar-refractivity contribution in [2.45, 2.75) is 18.7 Å². The minimum atomic E-state index is -3.54. The highest BCUT2D eigenvalue weighted by Gasteiger charge is 2.21. The molecule has 0 spiro atoms. The highest BCUT2D eigenvalue weighted by Crippen LogP contribution is 2.25. The molecule has 0 saturated carbocycles. The van der Waals surface area contributed by atoms with Crippen LogP contribution in [-0.2, 0) is 9.84 Å². The number of halogens is 1. The van der Waals surface area contributed by atoms with Gasteiger partial charge in [-0.05, 0) is 24.1 Å². The fraction of sp³-hybridized carbons (Fsp3) is 0.364. The standard InChI is InChI=1S/C11H13ClO4S/c1-7(2)6-17(15,16)10-5-8(11(13)14)3-4-9(10)12/h3-5,7H,6H2,1-2H3,(H,13,14). The molecule has 0 unspecified atom stereocenters. The molecule has 0 atom stereocenters. The molecule has 1 aromatic rings. The van der Waals surface area contributed by atoms with E-state index < -0.39 is 15.8 Å². The van der Waals surface area contributed by atoms with Gasteiger partial charge >= 0.3 is 5.97 Å². The van der Waals surface area contributed by atoms with Gasteiger partial charge in [-0.3, -0.25) is 0 Å². The first-order valence-corrected chi connectivity index (χ1v) is 7.02. The Balaban J connectivity index is 3.30. The molecule has 6 heteroatoms. The van der Waals surface area contributed by atoms with Crippen molar-refractivity contribution in [2.24, 2.45) is 5.92 Å². The van der Waals surface area contributed by atoms with Crippen molar-refractivity contribution in [2.75, 3.05) is 5.75 Å². The minimum Gasteiger partial charge on any atom is -0.478 e. The second-order valence-corrected chi connectivity index (χ2v) is 6.54. The number of hydrogen-bond acceptors (Lipinski definition) is 3. The van der Waals surface area contributed by atoms with E-state index in [1.54, 1.807) is 13.8 Å². The van der Waals surface area contributed by atoms with Crippen molar-refractivity contribution in [1.29, 1.82) is 0 Å². The van der Waals surface area contributed by atoms with E-state index >= 15 is 0 Å². The Labute approximate surface area is 105 Å². The molecule has 0 radical (unpaired) electrons. The van der Waals surface area contributed by atoms with Crippen LogP contribution < -0.4 is 0 Å². The van der Waals surface area contributed by atoms with Gasteiger partial charge in [0.1, 0.15) is 0 Å². The zero-order valence-electron chi connectivity index (χ0n) is 9.47. The molecule has 17 heavy (non-hydrogen) atoms.